The fourth-order valence-corrected chi connectivity index (χ4v) is 2.80. The molecule has 4 rings (SSSR count). The Kier molecular flexibility index (Phi) is 3.74. The molecule has 0 aliphatic carbocycles. The molecule has 0 spiro atoms. The van der Waals surface area contributed by atoms with Crippen LogP contribution in [0.3, 0.4) is 0 Å². The summed E-state index contributed by atoms with van der Waals surface area (Å²) in [6.07, 6.45) is 3.38. The fourth-order valence-electron chi connectivity index (χ4n) is 2.80. The van der Waals surface area contributed by atoms with Crippen LogP contribution in [0.2, 0.25) is 0 Å². The van der Waals surface area contributed by atoms with Gasteiger partial charge in [0, 0.05) is 18.0 Å². The van der Waals surface area contributed by atoms with Crippen molar-refractivity contribution in [2.75, 3.05) is 7.11 Å². The summed E-state index contributed by atoms with van der Waals surface area (Å²) in [4.78, 5) is 21.9. The molecule has 4 aromatic rings. The molecular formula is C20H15N3O2. The van der Waals surface area contributed by atoms with Crippen molar-refractivity contribution in [3.8, 4) is 22.8 Å². The molecule has 0 aliphatic heterocycles. The molecule has 0 unspecified atom stereocenters. The highest BCUT2D eigenvalue weighted by Gasteiger charge is 2.14. The molecule has 0 bridgehead atoms. The highest BCUT2D eigenvalue weighted by Crippen LogP contribution is 2.22. The molecule has 2 aromatic carbocycles. The summed E-state index contributed by atoms with van der Waals surface area (Å²) < 4.78 is 6.83. The number of nitrogens with zero attached hydrogens (tertiary/aromatic N) is 3. The van der Waals surface area contributed by atoms with Crippen molar-refractivity contribution in [1.82, 2.24) is 14.5 Å². The van der Waals surface area contributed by atoms with Gasteiger partial charge in [0.1, 0.15) is 11.6 Å². The molecule has 0 N–H and O–H groups in total. The number of hydrogen-bond donors (Lipinski definition) is 0. The zero-order valence-corrected chi connectivity index (χ0v) is 13.6. The van der Waals surface area contributed by atoms with Crippen molar-refractivity contribution >= 4 is 10.9 Å². The maximum atomic E-state index is 13.2. The molecule has 5 nitrogen and oxygen atoms in total. The summed E-state index contributed by atoms with van der Waals surface area (Å²) in [5, 5.41) is 0.580. The third-order valence-corrected chi connectivity index (χ3v) is 4.04. The Morgan fingerprint density at radius 3 is 2.36 bits per heavy atom. The average molecular weight is 329 g/mol. The molecule has 25 heavy (non-hydrogen) atoms. The maximum absolute atomic E-state index is 13.2. The van der Waals surface area contributed by atoms with Gasteiger partial charge in [0.05, 0.1) is 23.7 Å². The first kappa shape index (κ1) is 15.1. The van der Waals surface area contributed by atoms with E-state index in [0.29, 0.717) is 16.7 Å². The Morgan fingerprint density at radius 2 is 1.64 bits per heavy atom. The van der Waals surface area contributed by atoms with Crippen molar-refractivity contribution in [1.29, 1.82) is 0 Å². The van der Waals surface area contributed by atoms with Gasteiger partial charge in [-0.05, 0) is 48.5 Å². The molecule has 5 heteroatoms. The molecule has 2 heterocycles. The lowest BCUT2D eigenvalue weighted by Crippen LogP contribution is -2.21. The van der Waals surface area contributed by atoms with Gasteiger partial charge in [0.25, 0.3) is 5.56 Å². The number of aromatic nitrogens is 3. The quantitative estimate of drug-likeness (QED) is 0.577. The van der Waals surface area contributed by atoms with Gasteiger partial charge in [0.15, 0.2) is 0 Å². The number of methoxy groups -OCH3 is 1. The largest absolute Gasteiger partial charge is 0.497 e. The molecule has 0 radical (unpaired) electrons. The van der Waals surface area contributed by atoms with Crippen molar-refractivity contribution in [3.05, 3.63) is 83.4 Å². The van der Waals surface area contributed by atoms with E-state index in [0.717, 1.165) is 17.0 Å². The molecule has 0 saturated carbocycles. The average Bonchev–Trinajstić information content (AvgIpc) is 2.69. The highest BCUT2D eigenvalue weighted by molar-refractivity contribution is 5.80. The summed E-state index contributed by atoms with van der Waals surface area (Å²) >= 11 is 0. The molecule has 0 amide bonds. The lowest BCUT2D eigenvalue weighted by molar-refractivity contribution is 0.414. The lowest BCUT2D eigenvalue weighted by atomic mass is 10.2. The van der Waals surface area contributed by atoms with Crippen LogP contribution in [0.4, 0.5) is 0 Å². The second kappa shape index (κ2) is 6.20. The van der Waals surface area contributed by atoms with E-state index in [1.165, 1.54) is 0 Å². The van der Waals surface area contributed by atoms with E-state index in [1.807, 2.05) is 54.6 Å². The van der Waals surface area contributed by atoms with Gasteiger partial charge in [-0.1, -0.05) is 12.1 Å². The van der Waals surface area contributed by atoms with Crippen LogP contribution in [0.1, 0.15) is 0 Å². The van der Waals surface area contributed by atoms with Crippen molar-refractivity contribution in [2.24, 2.45) is 0 Å². The van der Waals surface area contributed by atoms with Crippen molar-refractivity contribution < 1.29 is 4.74 Å². The van der Waals surface area contributed by atoms with Crippen LogP contribution in [0, 0.1) is 0 Å². The third kappa shape index (κ3) is 2.65. The molecule has 0 atom stereocenters. The monoisotopic (exact) mass is 329 g/mol. The molecule has 0 fully saturated rings. The zero-order chi connectivity index (χ0) is 17.2. The molecule has 0 saturated heterocycles. The van der Waals surface area contributed by atoms with Crippen LogP contribution >= 0.6 is 0 Å². The first-order valence-corrected chi connectivity index (χ1v) is 7.84. The number of benzene rings is 2. The minimum Gasteiger partial charge on any atom is -0.497 e. The summed E-state index contributed by atoms with van der Waals surface area (Å²) in [7, 11) is 1.61. The van der Waals surface area contributed by atoms with E-state index in [1.54, 1.807) is 30.1 Å². The van der Waals surface area contributed by atoms with Gasteiger partial charge in [-0.15, -0.1) is 0 Å². The van der Waals surface area contributed by atoms with E-state index in [4.69, 9.17) is 9.72 Å². The summed E-state index contributed by atoms with van der Waals surface area (Å²) in [6.45, 7) is 0. The smallest absolute Gasteiger partial charge is 0.266 e. The van der Waals surface area contributed by atoms with Gasteiger partial charge in [0.2, 0.25) is 0 Å². The second-order valence-electron chi connectivity index (χ2n) is 5.53. The normalized spacial score (nSPS) is 10.8. The van der Waals surface area contributed by atoms with Crippen LogP contribution in [0.25, 0.3) is 28.0 Å². The molecule has 0 aliphatic rings. The van der Waals surface area contributed by atoms with Crippen LogP contribution in [-0.2, 0) is 0 Å². The predicted octanol–water partition coefficient (Wildman–Crippen LogP) is 3.46. The van der Waals surface area contributed by atoms with Crippen molar-refractivity contribution in [3.63, 3.8) is 0 Å². The van der Waals surface area contributed by atoms with Gasteiger partial charge in [-0.3, -0.25) is 14.3 Å². The van der Waals surface area contributed by atoms with E-state index in [-0.39, 0.29) is 5.56 Å². The third-order valence-electron chi connectivity index (χ3n) is 4.04. The minimum atomic E-state index is -0.109. The number of ether oxygens (including phenoxy) is 1. The first-order chi connectivity index (χ1) is 12.3. The number of fused-ring (bicyclic) bond motifs is 1. The Labute approximate surface area is 144 Å². The highest BCUT2D eigenvalue weighted by atomic mass is 16.5. The predicted molar refractivity (Wildman–Crippen MR) is 97.1 cm³/mol. The van der Waals surface area contributed by atoms with Crippen LogP contribution in [0.5, 0.6) is 5.75 Å². The fraction of sp³-hybridized carbons (Fsp3) is 0.0500. The lowest BCUT2D eigenvalue weighted by Gasteiger charge is -2.14. The van der Waals surface area contributed by atoms with Gasteiger partial charge in [-0.2, -0.15) is 0 Å². The number of hydrogen-bond acceptors (Lipinski definition) is 4. The zero-order valence-electron chi connectivity index (χ0n) is 13.6. The standard InChI is InChI=1S/C20H15N3O2/c1-25-16-8-6-15(7-9-16)23-19(14-10-12-21-13-11-14)22-18-5-3-2-4-17(18)20(23)24/h2-13H,1H3. The Morgan fingerprint density at radius 1 is 0.920 bits per heavy atom. The van der Waals surface area contributed by atoms with Gasteiger partial charge in [-0.25, -0.2) is 4.98 Å². The Balaban J connectivity index is 2.06. The van der Waals surface area contributed by atoms with Crippen molar-refractivity contribution in [2.45, 2.75) is 0 Å². The van der Waals surface area contributed by atoms with Crippen LogP contribution in [-0.4, -0.2) is 21.6 Å². The molecule has 2 aromatic heterocycles. The first-order valence-electron chi connectivity index (χ1n) is 7.84. The van der Waals surface area contributed by atoms with E-state index in [9.17, 15) is 4.79 Å². The SMILES string of the molecule is COc1ccc(-n2c(-c3ccncc3)nc3ccccc3c2=O)cc1. The summed E-state index contributed by atoms with van der Waals surface area (Å²) in [5.41, 5.74) is 2.12. The van der Waals surface area contributed by atoms with Gasteiger partial charge >= 0.3 is 0 Å². The topological polar surface area (TPSA) is 57.0 Å². The van der Waals surface area contributed by atoms with E-state index in [2.05, 4.69) is 4.98 Å². The van der Waals surface area contributed by atoms with E-state index < -0.39 is 0 Å². The Hall–Kier alpha value is -3.47. The summed E-state index contributed by atoms with van der Waals surface area (Å²) in [5.74, 6) is 1.31. The van der Waals surface area contributed by atoms with Crippen LogP contribution < -0.4 is 10.3 Å². The minimum absolute atomic E-state index is 0.109. The van der Waals surface area contributed by atoms with E-state index >= 15 is 0 Å². The van der Waals surface area contributed by atoms with Gasteiger partial charge < -0.3 is 4.74 Å². The number of para-hydroxylation sites is 1. The molecular weight excluding hydrogens is 314 g/mol. The van der Waals surface area contributed by atoms with Crippen LogP contribution in [0.15, 0.2) is 77.9 Å². The summed E-state index contributed by atoms with van der Waals surface area (Å²) in [6, 6.07) is 18.4. The number of rotatable bonds is 3. The second-order valence-corrected chi connectivity index (χ2v) is 5.53. The Bertz CT molecular complexity index is 1090. The number of pyridine rings is 1. The molecule has 122 valence electrons. The maximum Gasteiger partial charge on any atom is 0.266 e.